The van der Waals surface area contributed by atoms with E-state index in [4.69, 9.17) is 9.52 Å². The molecule has 144 valence electrons. The highest BCUT2D eigenvalue weighted by Gasteiger charge is 2.11. The van der Waals surface area contributed by atoms with Crippen molar-refractivity contribution in [3.63, 3.8) is 0 Å². The third kappa shape index (κ3) is 3.27. The van der Waals surface area contributed by atoms with E-state index in [1.807, 2.05) is 42.5 Å². The summed E-state index contributed by atoms with van der Waals surface area (Å²) < 4.78 is 6.16. The van der Waals surface area contributed by atoms with Gasteiger partial charge in [-0.05, 0) is 40.5 Å². The minimum Gasteiger partial charge on any atom is -0.478 e. The molecule has 4 aromatic carbocycles. The SMILES string of the molecule is O=C(O)/C=C/c1cccc(-c2ccc(-c3cccc4c3oc3ccccc34)cc2)c1. The minimum absolute atomic E-state index is 0.853. The zero-order chi connectivity index (χ0) is 20.5. The summed E-state index contributed by atoms with van der Waals surface area (Å²) in [5, 5.41) is 11.1. The smallest absolute Gasteiger partial charge is 0.328 e. The highest BCUT2D eigenvalue weighted by atomic mass is 16.4. The highest BCUT2D eigenvalue weighted by Crippen LogP contribution is 2.36. The summed E-state index contributed by atoms with van der Waals surface area (Å²) in [5.74, 6) is -0.954. The average Bonchev–Trinajstić information content (AvgIpc) is 3.17. The summed E-state index contributed by atoms with van der Waals surface area (Å²) in [4.78, 5) is 10.8. The van der Waals surface area contributed by atoms with Crippen molar-refractivity contribution in [3.05, 3.63) is 103 Å². The van der Waals surface area contributed by atoms with E-state index in [1.165, 1.54) is 0 Å². The monoisotopic (exact) mass is 390 g/mol. The summed E-state index contributed by atoms with van der Waals surface area (Å²) in [7, 11) is 0. The van der Waals surface area contributed by atoms with E-state index in [0.29, 0.717) is 0 Å². The van der Waals surface area contributed by atoms with E-state index >= 15 is 0 Å². The zero-order valence-corrected chi connectivity index (χ0v) is 16.1. The van der Waals surface area contributed by atoms with Crippen LogP contribution < -0.4 is 0 Å². The van der Waals surface area contributed by atoms with Crippen molar-refractivity contribution in [1.29, 1.82) is 0 Å². The second-order valence-corrected chi connectivity index (χ2v) is 7.15. The summed E-state index contributed by atoms with van der Waals surface area (Å²) in [5.41, 5.74) is 6.90. The summed E-state index contributed by atoms with van der Waals surface area (Å²) >= 11 is 0. The fourth-order valence-electron chi connectivity index (χ4n) is 3.81. The molecule has 0 aliphatic heterocycles. The second kappa shape index (κ2) is 7.37. The largest absolute Gasteiger partial charge is 0.478 e. The lowest BCUT2D eigenvalue weighted by Crippen LogP contribution is -1.86. The molecule has 1 heterocycles. The van der Waals surface area contributed by atoms with Crippen LogP contribution in [0, 0.1) is 0 Å². The lowest BCUT2D eigenvalue weighted by atomic mass is 9.98. The van der Waals surface area contributed by atoms with Gasteiger partial charge in [0.1, 0.15) is 11.2 Å². The van der Waals surface area contributed by atoms with Crippen LogP contribution in [0.1, 0.15) is 5.56 Å². The molecular formula is C27H18O3. The van der Waals surface area contributed by atoms with Crippen molar-refractivity contribution in [3.8, 4) is 22.3 Å². The van der Waals surface area contributed by atoms with Crippen molar-refractivity contribution in [2.75, 3.05) is 0 Å². The van der Waals surface area contributed by atoms with Crippen molar-refractivity contribution in [1.82, 2.24) is 0 Å². The number of rotatable bonds is 4. The minimum atomic E-state index is -0.954. The van der Waals surface area contributed by atoms with Crippen molar-refractivity contribution in [2.45, 2.75) is 0 Å². The number of benzene rings is 4. The van der Waals surface area contributed by atoms with Gasteiger partial charge in [-0.1, -0.05) is 78.9 Å². The fourth-order valence-corrected chi connectivity index (χ4v) is 3.81. The molecule has 5 aromatic rings. The predicted octanol–water partition coefficient (Wildman–Crippen LogP) is 7.02. The van der Waals surface area contributed by atoms with E-state index < -0.39 is 5.97 Å². The number of carboxylic acid groups (broad SMARTS) is 1. The number of carbonyl (C=O) groups is 1. The molecule has 1 aromatic heterocycles. The molecule has 30 heavy (non-hydrogen) atoms. The van der Waals surface area contributed by atoms with Crippen LogP contribution in [0.4, 0.5) is 0 Å². The zero-order valence-electron chi connectivity index (χ0n) is 16.1. The topological polar surface area (TPSA) is 50.4 Å². The Morgan fingerprint density at radius 2 is 1.47 bits per heavy atom. The predicted molar refractivity (Wildman–Crippen MR) is 121 cm³/mol. The first-order valence-electron chi connectivity index (χ1n) is 9.71. The van der Waals surface area contributed by atoms with Crippen molar-refractivity contribution < 1.29 is 14.3 Å². The van der Waals surface area contributed by atoms with Gasteiger partial charge >= 0.3 is 5.97 Å². The van der Waals surface area contributed by atoms with Gasteiger partial charge in [-0.3, -0.25) is 0 Å². The second-order valence-electron chi connectivity index (χ2n) is 7.15. The van der Waals surface area contributed by atoms with E-state index in [2.05, 4.69) is 48.5 Å². The van der Waals surface area contributed by atoms with Gasteiger partial charge < -0.3 is 9.52 Å². The van der Waals surface area contributed by atoms with Crippen LogP contribution in [0.25, 0.3) is 50.3 Å². The number of aliphatic carboxylic acids is 1. The molecule has 5 rings (SSSR count). The molecule has 0 amide bonds. The molecule has 3 nitrogen and oxygen atoms in total. The van der Waals surface area contributed by atoms with Gasteiger partial charge in [0.2, 0.25) is 0 Å². The third-order valence-electron chi connectivity index (χ3n) is 5.24. The van der Waals surface area contributed by atoms with Crippen LogP contribution >= 0.6 is 0 Å². The Balaban J connectivity index is 1.53. The van der Waals surface area contributed by atoms with Gasteiger partial charge in [0.25, 0.3) is 0 Å². The van der Waals surface area contributed by atoms with Gasteiger partial charge in [-0.15, -0.1) is 0 Å². The lowest BCUT2D eigenvalue weighted by Gasteiger charge is -2.06. The Labute approximate surface area is 173 Å². The van der Waals surface area contributed by atoms with Crippen LogP contribution in [-0.2, 0) is 4.79 Å². The van der Waals surface area contributed by atoms with Gasteiger partial charge in [0.05, 0.1) is 0 Å². The molecule has 0 aliphatic rings. The van der Waals surface area contributed by atoms with Crippen molar-refractivity contribution >= 4 is 34.0 Å². The van der Waals surface area contributed by atoms with E-state index in [1.54, 1.807) is 6.08 Å². The molecule has 0 fully saturated rings. The Hall–Kier alpha value is -4.11. The number of fused-ring (bicyclic) bond motifs is 3. The fraction of sp³-hybridized carbons (Fsp3) is 0. The molecule has 3 heteroatoms. The maximum Gasteiger partial charge on any atom is 0.328 e. The van der Waals surface area contributed by atoms with Gasteiger partial charge in [0.15, 0.2) is 0 Å². The Morgan fingerprint density at radius 3 is 2.30 bits per heavy atom. The number of para-hydroxylation sites is 2. The average molecular weight is 390 g/mol. The molecular weight excluding hydrogens is 372 g/mol. The first-order chi connectivity index (χ1) is 14.7. The quantitative estimate of drug-likeness (QED) is 0.336. The Kier molecular flexibility index (Phi) is 4.41. The maximum atomic E-state index is 10.8. The summed E-state index contributed by atoms with van der Waals surface area (Å²) in [6, 6.07) is 30.5. The van der Waals surface area contributed by atoms with Crippen molar-refractivity contribution in [2.24, 2.45) is 0 Å². The highest BCUT2D eigenvalue weighted by molar-refractivity contribution is 6.09. The maximum absolute atomic E-state index is 10.8. The molecule has 0 radical (unpaired) electrons. The normalized spacial score (nSPS) is 11.5. The van der Waals surface area contributed by atoms with Gasteiger partial charge in [-0.25, -0.2) is 4.79 Å². The molecule has 0 saturated heterocycles. The van der Waals surface area contributed by atoms with Crippen LogP contribution in [0.5, 0.6) is 0 Å². The Morgan fingerprint density at radius 1 is 0.733 bits per heavy atom. The molecule has 0 bridgehead atoms. The van der Waals surface area contributed by atoms with Crippen LogP contribution in [0.3, 0.4) is 0 Å². The number of furan rings is 1. The van der Waals surface area contributed by atoms with Gasteiger partial charge in [-0.2, -0.15) is 0 Å². The van der Waals surface area contributed by atoms with Crippen LogP contribution in [0.2, 0.25) is 0 Å². The van der Waals surface area contributed by atoms with E-state index in [-0.39, 0.29) is 0 Å². The summed E-state index contributed by atoms with van der Waals surface area (Å²) in [6.45, 7) is 0. The molecule has 0 spiro atoms. The van der Waals surface area contributed by atoms with Gasteiger partial charge in [0, 0.05) is 22.4 Å². The summed E-state index contributed by atoms with van der Waals surface area (Å²) in [6.07, 6.45) is 2.75. The van der Waals surface area contributed by atoms with Crippen LogP contribution in [-0.4, -0.2) is 11.1 Å². The first-order valence-corrected chi connectivity index (χ1v) is 9.71. The Bertz CT molecular complexity index is 1410. The molecule has 1 N–H and O–H groups in total. The number of hydrogen-bond donors (Lipinski definition) is 1. The molecule has 0 aliphatic carbocycles. The lowest BCUT2D eigenvalue weighted by molar-refractivity contribution is -0.131. The number of hydrogen-bond acceptors (Lipinski definition) is 2. The van der Waals surface area contributed by atoms with Crippen LogP contribution in [0.15, 0.2) is 101 Å². The van der Waals surface area contributed by atoms with E-state index in [9.17, 15) is 4.79 Å². The molecule has 0 unspecified atom stereocenters. The first kappa shape index (κ1) is 18.0. The molecule has 0 atom stereocenters. The molecule has 0 saturated carbocycles. The van der Waals surface area contributed by atoms with E-state index in [0.717, 1.165) is 55.8 Å². The number of carboxylic acids is 1. The third-order valence-corrected chi connectivity index (χ3v) is 5.24. The standard InChI is InChI=1S/C27H18O3/c28-26(29)16-11-18-5-3-6-21(17-18)19-12-14-20(15-13-19)22-8-4-9-24-23-7-1-2-10-25(23)30-27(22)24/h1-17H,(H,28,29)/b16-11+.